The fourth-order valence-corrected chi connectivity index (χ4v) is 8.47. The summed E-state index contributed by atoms with van der Waals surface area (Å²) in [7, 11) is -1.76. The molecular formula is C35H42N3O10P3S. The van der Waals surface area contributed by atoms with Gasteiger partial charge in [-0.1, -0.05) is 48.5 Å². The van der Waals surface area contributed by atoms with E-state index in [1.54, 1.807) is 22.9 Å². The lowest BCUT2D eigenvalue weighted by Gasteiger charge is -2.27. The Bertz CT molecular complexity index is 1840. The number of hydrogen-bond acceptors (Lipinski definition) is 13. The highest BCUT2D eigenvalue weighted by atomic mass is 32.4. The number of fused-ring (bicyclic) bond motifs is 3. The third-order valence-corrected chi connectivity index (χ3v) is 13.8. The van der Waals surface area contributed by atoms with Gasteiger partial charge in [0, 0.05) is 53.2 Å². The van der Waals surface area contributed by atoms with E-state index in [0.29, 0.717) is 36.0 Å². The van der Waals surface area contributed by atoms with Crippen LogP contribution in [0.3, 0.4) is 0 Å². The minimum absolute atomic E-state index is 0.0836. The Balaban J connectivity index is 1.13. The molecule has 1 aliphatic heterocycles. The second-order valence-corrected chi connectivity index (χ2v) is 18.3. The molecule has 4 aromatic carbocycles. The molecule has 1 atom stereocenters. The number of hydrogen-bond donors (Lipinski definition) is 0. The summed E-state index contributed by atoms with van der Waals surface area (Å²) in [6, 6.07) is 30.3. The maximum Gasteiger partial charge on any atom is 0.406 e. The van der Waals surface area contributed by atoms with Crippen LogP contribution < -0.4 is 18.7 Å². The van der Waals surface area contributed by atoms with Crippen LogP contribution in [0.25, 0.3) is 11.1 Å². The lowest BCUT2D eigenvalue weighted by molar-refractivity contribution is -0.138. The van der Waals surface area contributed by atoms with Crippen molar-refractivity contribution in [2.75, 3.05) is 54.6 Å². The van der Waals surface area contributed by atoms with Crippen LogP contribution in [0.15, 0.2) is 102 Å². The predicted octanol–water partition coefficient (Wildman–Crippen LogP) is 8.07. The fourth-order valence-electron chi connectivity index (χ4n) is 5.04. The summed E-state index contributed by atoms with van der Waals surface area (Å²) in [4.78, 5) is 1.68. The quantitative estimate of drug-likeness (QED) is 0.0549. The van der Waals surface area contributed by atoms with Crippen molar-refractivity contribution in [2.45, 2.75) is 12.9 Å². The van der Waals surface area contributed by atoms with E-state index in [9.17, 15) is 9.13 Å². The Morgan fingerprint density at radius 2 is 1.25 bits per heavy atom. The van der Waals surface area contributed by atoms with E-state index in [2.05, 4.69) is 5.10 Å². The normalized spacial score (nSPS) is 13.8. The lowest BCUT2D eigenvalue weighted by Crippen LogP contribution is -2.29. The van der Waals surface area contributed by atoms with Crippen LogP contribution in [0.2, 0.25) is 0 Å². The molecule has 4 aromatic rings. The SMILES string of the molecule is COP(=O)(CN(CCc1ccc(O[PH](=S)N(C)/N=C/c2ccc(OC3Oc4ccccc4-c4ccccc4O3)cc2)cc1)CP(=O)(OC)OC)OC. The monoisotopic (exact) mass is 789 g/mol. The van der Waals surface area contributed by atoms with Crippen LogP contribution in [-0.2, 0) is 45.5 Å². The average Bonchev–Trinajstić information content (AvgIpc) is 3.33. The molecule has 1 aliphatic rings. The maximum atomic E-state index is 12.8. The predicted molar refractivity (Wildman–Crippen MR) is 205 cm³/mol. The van der Waals surface area contributed by atoms with E-state index in [4.69, 9.17) is 48.6 Å². The van der Waals surface area contributed by atoms with Gasteiger partial charge in [-0.2, -0.15) is 5.10 Å². The first-order chi connectivity index (χ1) is 25.1. The average molecular weight is 790 g/mol. The zero-order valence-corrected chi connectivity index (χ0v) is 33.1. The van der Waals surface area contributed by atoms with Gasteiger partial charge in [-0.05, 0) is 77.9 Å². The van der Waals surface area contributed by atoms with Crippen molar-refractivity contribution in [3.63, 3.8) is 0 Å². The third-order valence-electron chi connectivity index (χ3n) is 7.97. The van der Waals surface area contributed by atoms with Gasteiger partial charge in [0.1, 0.15) is 35.6 Å². The molecule has 0 N–H and O–H groups in total. The molecule has 0 saturated heterocycles. The highest BCUT2D eigenvalue weighted by molar-refractivity contribution is 8.02. The van der Waals surface area contributed by atoms with E-state index in [-0.39, 0.29) is 12.6 Å². The molecule has 0 aromatic heterocycles. The molecule has 52 heavy (non-hydrogen) atoms. The number of para-hydroxylation sites is 2. The molecule has 278 valence electrons. The van der Waals surface area contributed by atoms with Crippen molar-refractivity contribution < 1.29 is 46.0 Å². The van der Waals surface area contributed by atoms with Gasteiger partial charge in [-0.3, -0.25) is 14.0 Å². The molecule has 17 heteroatoms. The molecule has 0 fully saturated rings. The Labute approximate surface area is 310 Å². The standard InChI is InChI=1S/C35H42N3O10P3S/c1-37(49(52)48-30-20-14-27(15-21-30)22-23-38(25-50(39,41-2)42-3)26-51(40,43-4)44-5)36-24-28-16-18-29(19-17-28)45-35-46-33-12-8-6-10-31(33)32-11-7-9-13-34(32)47-35/h6-21,24,35,49H,22-23,25-26H2,1-5H3/b36-24+. The zero-order valence-electron chi connectivity index (χ0n) is 29.4. The van der Waals surface area contributed by atoms with E-state index >= 15 is 0 Å². The van der Waals surface area contributed by atoms with Gasteiger partial charge in [0.05, 0.1) is 6.21 Å². The summed E-state index contributed by atoms with van der Waals surface area (Å²) in [6.45, 7) is -0.588. The molecule has 0 aliphatic carbocycles. The topological polar surface area (TPSA) is 127 Å². The molecule has 13 nitrogen and oxygen atoms in total. The van der Waals surface area contributed by atoms with Crippen LogP contribution in [0.4, 0.5) is 0 Å². The van der Waals surface area contributed by atoms with Crippen molar-refractivity contribution in [1.82, 2.24) is 9.68 Å². The number of rotatable bonds is 18. The van der Waals surface area contributed by atoms with Crippen LogP contribution in [0.5, 0.6) is 23.0 Å². The van der Waals surface area contributed by atoms with Crippen LogP contribution >= 0.6 is 22.3 Å². The summed E-state index contributed by atoms with van der Waals surface area (Å²) in [5.41, 5.74) is 3.67. The molecular weight excluding hydrogens is 747 g/mol. The number of nitrogens with zero attached hydrogens (tertiary/aromatic N) is 3. The van der Waals surface area contributed by atoms with Crippen molar-refractivity contribution in [1.29, 1.82) is 0 Å². The molecule has 0 spiro atoms. The Morgan fingerprint density at radius 1 is 0.750 bits per heavy atom. The van der Waals surface area contributed by atoms with Gasteiger partial charge < -0.3 is 36.8 Å². The van der Waals surface area contributed by atoms with E-state index < -0.39 is 28.7 Å². The Morgan fingerprint density at radius 3 is 1.77 bits per heavy atom. The molecule has 0 bridgehead atoms. The number of ether oxygens (including phenoxy) is 3. The van der Waals surface area contributed by atoms with Gasteiger partial charge in [0.15, 0.2) is 0 Å². The Hall–Kier alpha value is -3.54. The van der Waals surface area contributed by atoms with Gasteiger partial charge >= 0.3 is 21.7 Å². The summed E-state index contributed by atoms with van der Waals surface area (Å²) in [5.74, 6) is 2.51. The first-order valence-corrected chi connectivity index (χ1v) is 22.0. The Kier molecular flexibility index (Phi) is 14.1. The minimum atomic E-state index is -3.42. The van der Waals surface area contributed by atoms with Crippen LogP contribution in [-0.4, -0.2) is 77.0 Å². The largest absolute Gasteiger partial charge is 0.450 e. The highest BCUT2D eigenvalue weighted by Crippen LogP contribution is 2.51. The number of hydrazone groups is 1. The number of benzene rings is 4. The molecule has 0 saturated carbocycles. The summed E-state index contributed by atoms with van der Waals surface area (Å²) < 4.78 is 71.8. The van der Waals surface area contributed by atoms with Crippen LogP contribution in [0, 0.1) is 0 Å². The smallest absolute Gasteiger partial charge is 0.406 e. The van der Waals surface area contributed by atoms with Crippen LogP contribution in [0.1, 0.15) is 11.1 Å². The van der Waals surface area contributed by atoms with Crippen molar-refractivity contribution >= 4 is 40.3 Å². The van der Waals surface area contributed by atoms with Crippen molar-refractivity contribution in [2.24, 2.45) is 5.10 Å². The van der Waals surface area contributed by atoms with Crippen molar-refractivity contribution in [3.05, 3.63) is 108 Å². The molecule has 1 heterocycles. The lowest BCUT2D eigenvalue weighted by atomic mass is 10.0. The van der Waals surface area contributed by atoms with E-state index in [1.165, 1.54) is 28.4 Å². The zero-order chi connectivity index (χ0) is 37.1. The van der Waals surface area contributed by atoms with Gasteiger partial charge in [-0.25, -0.2) is 4.78 Å². The highest BCUT2D eigenvalue weighted by Gasteiger charge is 2.31. The first-order valence-electron chi connectivity index (χ1n) is 16.1. The first kappa shape index (κ1) is 39.7. The summed E-state index contributed by atoms with van der Waals surface area (Å²) >= 11 is 5.64. The van der Waals surface area contributed by atoms with Crippen molar-refractivity contribution in [3.8, 4) is 34.1 Å². The molecule has 1 unspecified atom stereocenters. The molecule has 0 amide bonds. The summed E-state index contributed by atoms with van der Waals surface area (Å²) in [5, 5.41) is 4.49. The molecule has 5 rings (SSSR count). The maximum absolute atomic E-state index is 12.8. The van der Waals surface area contributed by atoms with Gasteiger partial charge in [0.2, 0.25) is 7.07 Å². The molecule has 0 radical (unpaired) electrons. The minimum Gasteiger partial charge on any atom is -0.450 e. The van der Waals surface area contributed by atoms with Gasteiger partial charge in [0.25, 0.3) is 0 Å². The second kappa shape index (κ2) is 18.5. The second-order valence-electron chi connectivity index (χ2n) is 11.4. The fraction of sp³-hybridized carbons (Fsp3) is 0.286. The third kappa shape index (κ3) is 10.8. The van der Waals surface area contributed by atoms with E-state index in [1.807, 2.05) is 97.1 Å². The van der Waals surface area contributed by atoms with Gasteiger partial charge in [-0.15, -0.1) is 0 Å². The summed E-state index contributed by atoms with van der Waals surface area (Å²) in [6.07, 6.45) is 2.07. The van der Waals surface area contributed by atoms with E-state index in [0.717, 1.165) is 22.3 Å².